The maximum atomic E-state index is 5.64. The third-order valence-electron chi connectivity index (χ3n) is 4.18. The first-order valence-electron chi connectivity index (χ1n) is 8.25. The lowest BCUT2D eigenvalue weighted by Crippen LogP contribution is -2.39. The van der Waals surface area contributed by atoms with Crippen LogP contribution in [0, 0.1) is 6.92 Å². The Morgan fingerprint density at radius 1 is 1.11 bits per heavy atom. The Morgan fingerprint density at radius 2 is 1.96 bits per heavy atom. The first kappa shape index (κ1) is 16.3. The molecule has 1 aromatic carbocycles. The average molecular weight is 370 g/mol. The van der Waals surface area contributed by atoms with Gasteiger partial charge >= 0.3 is 0 Å². The molecule has 5 rings (SSSR count). The van der Waals surface area contributed by atoms with Crippen molar-refractivity contribution in [2.75, 3.05) is 5.32 Å². The molecule has 4 aromatic rings. The summed E-state index contributed by atoms with van der Waals surface area (Å²) in [6.45, 7) is 1.98. The number of nitrogens with one attached hydrogen (secondary N) is 1. The summed E-state index contributed by atoms with van der Waals surface area (Å²) in [4.78, 5) is 9.29. The number of thiazole rings is 1. The molecule has 6 nitrogen and oxygen atoms in total. The summed E-state index contributed by atoms with van der Waals surface area (Å²) in [5, 5.41) is 6.03. The Morgan fingerprint density at radius 3 is 2.85 bits per heavy atom. The molecule has 0 aliphatic carbocycles. The van der Waals surface area contributed by atoms with E-state index < -0.39 is 5.59 Å². The molecule has 0 saturated heterocycles. The van der Waals surface area contributed by atoms with E-state index >= 15 is 0 Å². The third kappa shape index (κ3) is 2.84. The highest BCUT2D eigenvalue weighted by Crippen LogP contribution is 2.40. The van der Waals surface area contributed by atoms with Gasteiger partial charge in [0.05, 0.1) is 11.4 Å². The van der Waals surface area contributed by atoms with Crippen molar-refractivity contribution in [3.63, 3.8) is 0 Å². The Bertz CT molecular complexity index is 1170. The topological polar surface area (TPSA) is 60.7 Å². The van der Waals surface area contributed by atoms with Gasteiger partial charge in [0, 0.05) is 23.3 Å². The summed E-state index contributed by atoms with van der Waals surface area (Å²) >= 11 is 1.51. The van der Waals surface area contributed by atoms with Crippen molar-refractivity contribution in [2.24, 2.45) is 0 Å². The number of ether oxygens (including phenoxy) is 2. The molecule has 0 saturated carbocycles. The summed E-state index contributed by atoms with van der Waals surface area (Å²) in [6.07, 6.45) is 1.99. The molecule has 4 radical (unpaired) electrons. The monoisotopic (exact) mass is 370 g/mol. The van der Waals surface area contributed by atoms with E-state index in [-0.39, 0.29) is 0 Å². The van der Waals surface area contributed by atoms with Crippen LogP contribution in [0.4, 0.5) is 10.8 Å². The van der Waals surface area contributed by atoms with Crippen molar-refractivity contribution in [2.45, 2.75) is 12.5 Å². The molecule has 0 atom stereocenters. The number of aromatic nitrogens is 3. The van der Waals surface area contributed by atoms with E-state index in [0.717, 1.165) is 33.5 Å². The summed E-state index contributed by atoms with van der Waals surface area (Å²) in [5.41, 5.74) is 2.85. The molecule has 0 amide bonds. The van der Waals surface area contributed by atoms with Crippen LogP contribution in [0.25, 0.3) is 17.0 Å². The lowest BCUT2D eigenvalue weighted by atomic mass is 9.76. The highest BCUT2D eigenvalue weighted by Gasteiger charge is 2.30. The lowest BCUT2D eigenvalue weighted by Gasteiger charge is -2.18. The number of pyridine rings is 1. The quantitative estimate of drug-likeness (QED) is 0.562. The normalized spacial score (nSPS) is 14.6. The second kappa shape index (κ2) is 5.79. The van der Waals surface area contributed by atoms with E-state index in [1.54, 1.807) is 12.1 Å². The Labute approximate surface area is 162 Å². The standard InChI is InChI=1S/C18H12B2N4O2S/c1-10-16(24-7-3-2-4-15(24)21-10)12-9-27-17(23-12)22-11-5-6-13-14(8-11)26-18(19,20)25-13/h2-9H,1H3,(H,22,23). The van der Waals surface area contributed by atoms with Gasteiger partial charge in [-0.1, -0.05) is 6.07 Å². The van der Waals surface area contributed by atoms with Crippen LogP contribution in [0.3, 0.4) is 0 Å². The molecule has 0 spiro atoms. The van der Waals surface area contributed by atoms with Crippen molar-refractivity contribution < 1.29 is 9.47 Å². The third-order valence-corrected chi connectivity index (χ3v) is 4.94. The molecule has 0 bridgehead atoms. The molecule has 9 heteroatoms. The van der Waals surface area contributed by atoms with Crippen LogP contribution in [-0.4, -0.2) is 35.6 Å². The summed E-state index contributed by atoms with van der Waals surface area (Å²) in [5.74, 6) is 0.992. The van der Waals surface area contributed by atoms with Crippen LogP contribution in [-0.2, 0) is 0 Å². The van der Waals surface area contributed by atoms with Crippen LogP contribution in [0.1, 0.15) is 5.69 Å². The number of nitrogens with zero attached hydrogens (tertiary/aromatic N) is 3. The van der Waals surface area contributed by atoms with E-state index in [1.165, 1.54) is 11.3 Å². The number of aryl methyl sites for hydroxylation is 1. The molecule has 27 heavy (non-hydrogen) atoms. The molecule has 3 aromatic heterocycles. The number of fused-ring (bicyclic) bond motifs is 2. The molecule has 1 aliphatic heterocycles. The average Bonchev–Trinajstić information content (AvgIpc) is 3.27. The van der Waals surface area contributed by atoms with E-state index in [1.807, 2.05) is 47.2 Å². The van der Waals surface area contributed by atoms with Crippen molar-refractivity contribution in [1.29, 1.82) is 0 Å². The maximum Gasteiger partial charge on any atom is 0.187 e. The second-order valence-electron chi connectivity index (χ2n) is 6.22. The van der Waals surface area contributed by atoms with Gasteiger partial charge in [0.15, 0.2) is 37.9 Å². The Kier molecular flexibility index (Phi) is 3.48. The van der Waals surface area contributed by atoms with Gasteiger partial charge in [-0.15, -0.1) is 11.3 Å². The van der Waals surface area contributed by atoms with Crippen LogP contribution >= 0.6 is 11.3 Å². The number of hydrogen-bond donors (Lipinski definition) is 1. The van der Waals surface area contributed by atoms with Gasteiger partial charge in [-0.2, -0.15) is 0 Å². The minimum atomic E-state index is -1.63. The molecule has 0 unspecified atom stereocenters. The fraction of sp³-hybridized carbons (Fsp3) is 0.111. The van der Waals surface area contributed by atoms with Gasteiger partial charge in [-0.3, -0.25) is 4.40 Å². The number of rotatable bonds is 3. The molecular formula is C18H12B2N4O2S. The SMILES string of the molecule is [B]C1([B])Oc2ccc(Nc3nc(-c4c(C)nc5ccccn45)cs3)cc2O1. The minimum Gasteiger partial charge on any atom is -0.468 e. The maximum absolute atomic E-state index is 5.64. The van der Waals surface area contributed by atoms with Crippen LogP contribution in [0.15, 0.2) is 48.0 Å². The van der Waals surface area contributed by atoms with Crippen LogP contribution < -0.4 is 14.8 Å². The zero-order chi connectivity index (χ0) is 18.6. The van der Waals surface area contributed by atoms with Gasteiger partial charge in [0.25, 0.3) is 0 Å². The zero-order valence-corrected chi connectivity index (χ0v) is 15.2. The van der Waals surface area contributed by atoms with Gasteiger partial charge in [-0.05, 0) is 31.2 Å². The van der Waals surface area contributed by atoms with Crippen LogP contribution in [0.5, 0.6) is 11.5 Å². The number of imidazole rings is 1. The first-order valence-corrected chi connectivity index (χ1v) is 9.13. The van der Waals surface area contributed by atoms with Crippen molar-refractivity contribution in [3.05, 3.63) is 53.7 Å². The zero-order valence-electron chi connectivity index (χ0n) is 14.3. The molecular weight excluding hydrogens is 358 g/mol. The van der Waals surface area contributed by atoms with Crippen LogP contribution in [0.2, 0.25) is 0 Å². The first-order chi connectivity index (χ1) is 13.0. The molecule has 1 aliphatic rings. The predicted octanol–water partition coefficient (Wildman–Crippen LogP) is 3.23. The lowest BCUT2D eigenvalue weighted by molar-refractivity contribution is 0.0833. The summed E-state index contributed by atoms with van der Waals surface area (Å²) in [7, 11) is 11.3. The molecule has 128 valence electrons. The number of hydrogen-bond acceptors (Lipinski definition) is 6. The van der Waals surface area contributed by atoms with Crippen molar-refractivity contribution >= 4 is 43.5 Å². The number of anilines is 2. The molecule has 0 fully saturated rings. The highest BCUT2D eigenvalue weighted by atomic mass is 32.1. The Hall–Kier alpha value is -2.93. The molecule has 4 heterocycles. The second-order valence-corrected chi connectivity index (χ2v) is 7.08. The van der Waals surface area contributed by atoms with Gasteiger partial charge < -0.3 is 14.8 Å². The van der Waals surface area contributed by atoms with E-state index in [4.69, 9.17) is 30.2 Å². The fourth-order valence-electron chi connectivity index (χ4n) is 3.10. The molecule has 1 N–H and O–H groups in total. The fourth-order valence-corrected chi connectivity index (χ4v) is 3.82. The van der Waals surface area contributed by atoms with Gasteiger partial charge in [0.2, 0.25) is 0 Å². The van der Waals surface area contributed by atoms with E-state index in [9.17, 15) is 0 Å². The summed E-state index contributed by atoms with van der Waals surface area (Å²) in [6, 6.07) is 11.3. The number of benzene rings is 1. The highest BCUT2D eigenvalue weighted by molar-refractivity contribution is 7.14. The predicted molar refractivity (Wildman–Crippen MR) is 106 cm³/mol. The van der Waals surface area contributed by atoms with E-state index in [2.05, 4.69) is 10.3 Å². The Balaban J connectivity index is 1.44. The minimum absolute atomic E-state index is 0.486. The van der Waals surface area contributed by atoms with Crippen molar-refractivity contribution in [1.82, 2.24) is 14.4 Å². The van der Waals surface area contributed by atoms with Crippen molar-refractivity contribution in [3.8, 4) is 22.9 Å². The van der Waals surface area contributed by atoms with Gasteiger partial charge in [0.1, 0.15) is 11.3 Å². The summed E-state index contributed by atoms with van der Waals surface area (Å²) < 4.78 is 12.7. The van der Waals surface area contributed by atoms with E-state index in [0.29, 0.717) is 11.5 Å². The largest absolute Gasteiger partial charge is 0.468 e. The van der Waals surface area contributed by atoms with Gasteiger partial charge in [-0.25, -0.2) is 9.97 Å². The smallest absolute Gasteiger partial charge is 0.187 e.